The Hall–Kier alpha value is -2.48. The maximum Gasteiger partial charge on any atom is 0.307 e. The van der Waals surface area contributed by atoms with Gasteiger partial charge < -0.3 is 24.4 Å². The van der Waals surface area contributed by atoms with Gasteiger partial charge in [-0.3, -0.25) is 14.7 Å². The summed E-state index contributed by atoms with van der Waals surface area (Å²) in [4.78, 5) is 20.5. The van der Waals surface area contributed by atoms with Gasteiger partial charge in [-0.2, -0.15) is 0 Å². The molecule has 2 rings (SSSR count). The molecule has 1 aromatic carbocycles. The molecule has 28 heavy (non-hydrogen) atoms. The van der Waals surface area contributed by atoms with Gasteiger partial charge in [0, 0.05) is 44.8 Å². The average Bonchev–Trinajstić information content (AvgIpc) is 2.73. The molecule has 0 amide bonds. The van der Waals surface area contributed by atoms with Crippen LogP contribution in [0.4, 0.5) is 0 Å². The Balaban J connectivity index is 1.93. The molecule has 0 aliphatic carbocycles. The van der Waals surface area contributed by atoms with Crippen LogP contribution in [0, 0.1) is 0 Å². The van der Waals surface area contributed by atoms with Crippen LogP contribution in [0.1, 0.15) is 18.9 Å². The van der Waals surface area contributed by atoms with E-state index in [1.807, 2.05) is 25.1 Å². The molecular weight excluding hydrogens is 360 g/mol. The zero-order valence-corrected chi connectivity index (χ0v) is 17.4. The maximum absolute atomic E-state index is 11.3. The van der Waals surface area contributed by atoms with Gasteiger partial charge in [0.15, 0.2) is 5.96 Å². The molecule has 1 heterocycles. The molecule has 1 aromatic rings. The Morgan fingerprint density at radius 2 is 1.89 bits per heavy atom. The first kappa shape index (κ1) is 21.8. The molecule has 8 nitrogen and oxygen atoms in total. The van der Waals surface area contributed by atoms with E-state index in [-0.39, 0.29) is 5.97 Å². The number of carbonyl (C=O) groups excluding carboxylic acids is 1. The molecule has 1 N–H and O–H groups in total. The number of nitrogens with one attached hydrogen (secondary N) is 1. The van der Waals surface area contributed by atoms with Gasteiger partial charge in [0.1, 0.15) is 11.5 Å². The third kappa shape index (κ3) is 6.30. The normalized spacial score (nSPS) is 15.3. The number of rotatable bonds is 8. The highest BCUT2D eigenvalue weighted by Gasteiger charge is 2.21. The van der Waals surface area contributed by atoms with Crippen LogP contribution in [0.5, 0.6) is 11.5 Å². The summed E-state index contributed by atoms with van der Waals surface area (Å²) in [7, 11) is 4.76. The summed E-state index contributed by atoms with van der Waals surface area (Å²) in [6.45, 7) is 7.65. The number of piperazine rings is 1. The molecule has 0 spiro atoms. The molecule has 1 aliphatic rings. The second-order valence-corrected chi connectivity index (χ2v) is 6.50. The highest BCUT2D eigenvalue weighted by Crippen LogP contribution is 2.25. The van der Waals surface area contributed by atoms with Crippen LogP contribution in [0.3, 0.4) is 0 Å². The Morgan fingerprint density at radius 3 is 2.50 bits per heavy atom. The van der Waals surface area contributed by atoms with Gasteiger partial charge >= 0.3 is 5.97 Å². The number of ether oxygens (including phenoxy) is 3. The van der Waals surface area contributed by atoms with Crippen LogP contribution < -0.4 is 14.8 Å². The van der Waals surface area contributed by atoms with Crippen LogP contribution in [0.25, 0.3) is 0 Å². The fourth-order valence-electron chi connectivity index (χ4n) is 3.15. The Kier molecular flexibility index (Phi) is 8.87. The molecule has 1 fully saturated rings. The minimum Gasteiger partial charge on any atom is -0.497 e. The van der Waals surface area contributed by atoms with Crippen LogP contribution >= 0.6 is 0 Å². The van der Waals surface area contributed by atoms with Crippen molar-refractivity contribution in [1.82, 2.24) is 15.1 Å². The Bertz CT molecular complexity index is 658. The number of hydrogen-bond donors (Lipinski definition) is 1. The molecule has 156 valence electrons. The molecule has 0 bridgehead atoms. The van der Waals surface area contributed by atoms with Gasteiger partial charge in [0.2, 0.25) is 0 Å². The number of guanidine groups is 1. The van der Waals surface area contributed by atoms with Gasteiger partial charge in [-0.1, -0.05) is 0 Å². The van der Waals surface area contributed by atoms with Gasteiger partial charge in [-0.05, 0) is 25.1 Å². The van der Waals surface area contributed by atoms with Crippen molar-refractivity contribution >= 4 is 11.9 Å². The van der Waals surface area contributed by atoms with E-state index in [0.717, 1.165) is 62.3 Å². The van der Waals surface area contributed by atoms with Crippen molar-refractivity contribution in [3.8, 4) is 11.5 Å². The molecule has 1 saturated heterocycles. The van der Waals surface area contributed by atoms with Crippen LogP contribution in [-0.2, 0) is 16.1 Å². The monoisotopic (exact) mass is 392 g/mol. The third-order valence-corrected chi connectivity index (χ3v) is 4.69. The zero-order chi connectivity index (χ0) is 20.4. The maximum atomic E-state index is 11.3. The highest BCUT2D eigenvalue weighted by molar-refractivity contribution is 5.80. The first-order valence-corrected chi connectivity index (χ1v) is 9.64. The number of aliphatic imine (C=N–C) groups is 1. The topological polar surface area (TPSA) is 75.6 Å². The molecular formula is C20H32N4O4. The lowest BCUT2D eigenvalue weighted by Gasteiger charge is -2.36. The molecule has 0 radical (unpaired) electrons. The van der Waals surface area contributed by atoms with E-state index < -0.39 is 0 Å². The van der Waals surface area contributed by atoms with Gasteiger partial charge in [-0.15, -0.1) is 0 Å². The van der Waals surface area contributed by atoms with Gasteiger partial charge in [0.05, 0.1) is 34.3 Å². The fraction of sp³-hybridized carbons (Fsp3) is 0.600. The number of nitrogens with zero attached hydrogens (tertiary/aromatic N) is 3. The summed E-state index contributed by atoms with van der Waals surface area (Å²) in [5, 5.41) is 3.31. The predicted molar refractivity (Wildman–Crippen MR) is 109 cm³/mol. The van der Waals surface area contributed by atoms with Crippen molar-refractivity contribution in [2.45, 2.75) is 19.9 Å². The lowest BCUT2D eigenvalue weighted by molar-refractivity contribution is -0.140. The van der Waals surface area contributed by atoms with Crippen LogP contribution in [0.2, 0.25) is 0 Å². The molecule has 0 atom stereocenters. The van der Waals surface area contributed by atoms with E-state index in [9.17, 15) is 4.79 Å². The van der Waals surface area contributed by atoms with E-state index in [2.05, 4.69) is 24.8 Å². The van der Waals surface area contributed by atoms with E-state index in [0.29, 0.717) is 13.0 Å². The molecule has 0 aromatic heterocycles. The predicted octanol–water partition coefficient (Wildman–Crippen LogP) is 1.35. The minimum absolute atomic E-state index is 0.239. The van der Waals surface area contributed by atoms with E-state index >= 15 is 0 Å². The minimum atomic E-state index is -0.239. The molecule has 0 unspecified atom stereocenters. The van der Waals surface area contributed by atoms with E-state index in [4.69, 9.17) is 9.47 Å². The van der Waals surface area contributed by atoms with Crippen molar-refractivity contribution in [3.63, 3.8) is 0 Å². The number of benzene rings is 1. The summed E-state index contributed by atoms with van der Waals surface area (Å²) in [5.74, 6) is 2.32. The SMILES string of the molecule is CCNC(=NCCC(=O)OC)N1CCN(Cc2cc(OC)ccc2OC)CC1. The number of hydrogen-bond acceptors (Lipinski definition) is 6. The van der Waals surface area contributed by atoms with Crippen molar-refractivity contribution in [2.75, 3.05) is 60.6 Å². The van der Waals surface area contributed by atoms with Crippen LogP contribution in [0.15, 0.2) is 23.2 Å². The van der Waals surface area contributed by atoms with Crippen molar-refractivity contribution in [1.29, 1.82) is 0 Å². The average molecular weight is 393 g/mol. The fourth-order valence-corrected chi connectivity index (χ4v) is 3.15. The standard InChI is InChI=1S/C20H32N4O4/c1-5-21-20(22-9-8-19(25)28-4)24-12-10-23(11-13-24)15-16-14-17(26-2)6-7-18(16)27-3/h6-7,14H,5,8-13,15H2,1-4H3,(H,21,22). The second-order valence-electron chi connectivity index (χ2n) is 6.50. The summed E-state index contributed by atoms with van der Waals surface area (Å²) in [6.07, 6.45) is 0.293. The van der Waals surface area contributed by atoms with Crippen molar-refractivity contribution in [3.05, 3.63) is 23.8 Å². The lowest BCUT2D eigenvalue weighted by Crippen LogP contribution is -2.52. The first-order valence-electron chi connectivity index (χ1n) is 9.64. The summed E-state index contributed by atoms with van der Waals surface area (Å²) >= 11 is 0. The number of methoxy groups -OCH3 is 3. The lowest BCUT2D eigenvalue weighted by atomic mass is 10.1. The second kappa shape index (κ2) is 11.4. The Morgan fingerprint density at radius 1 is 1.14 bits per heavy atom. The number of carbonyl (C=O) groups is 1. The zero-order valence-electron chi connectivity index (χ0n) is 17.4. The van der Waals surface area contributed by atoms with Gasteiger partial charge in [-0.25, -0.2) is 0 Å². The highest BCUT2D eigenvalue weighted by atomic mass is 16.5. The van der Waals surface area contributed by atoms with E-state index in [1.165, 1.54) is 7.11 Å². The largest absolute Gasteiger partial charge is 0.497 e. The van der Waals surface area contributed by atoms with Gasteiger partial charge in [0.25, 0.3) is 0 Å². The summed E-state index contributed by atoms with van der Waals surface area (Å²) in [6, 6.07) is 5.89. The molecule has 1 aliphatic heterocycles. The first-order chi connectivity index (χ1) is 13.6. The summed E-state index contributed by atoms with van der Waals surface area (Å²) in [5.41, 5.74) is 1.12. The Labute approximate surface area is 167 Å². The number of esters is 1. The molecule has 0 saturated carbocycles. The van der Waals surface area contributed by atoms with Crippen molar-refractivity contribution < 1.29 is 19.0 Å². The summed E-state index contributed by atoms with van der Waals surface area (Å²) < 4.78 is 15.5. The third-order valence-electron chi connectivity index (χ3n) is 4.69. The van der Waals surface area contributed by atoms with E-state index in [1.54, 1.807) is 14.2 Å². The van der Waals surface area contributed by atoms with Crippen LogP contribution in [-0.4, -0.2) is 82.3 Å². The smallest absolute Gasteiger partial charge is 0.307 e. The molecule has 8 heteroatoms. The quantitative estimate of drug-likeness (QED) is 0.407. The van der Waals surface area contributed by atoms with Crippen molar-refractivity contribution in [2.24, 2.45) is 4.99 Å².